The number of nitrogens with one attached hydrogen (secondary N) is 2. The molecule has 2 aliphatic rings. The third-order valence-corrected chi connectivity index (χ3v) is 5.93. The van der Waals surface area contributed by atoms with Crippen LogP contribution in [0.5, 0.6) is 0 Å². The van der Waals surface area contributed by atoms with Crippen LogP contribution in [0, 0.1) is 11.6 Å². The van der Waals surface area contributed by atoms with Gasteiger partial charge in [-0.3, -0.25) is 4.55 Å². The Hall–Kier alpha value is -0.930. The molecule has 1 aromatic rings. The molecular formula is C18H26F2N2O3S. The zero-order valence-corrected chi connectivity index (χ0v) is 15.4. The van der Waals surface area contributed by atoms with E-state index in [0.29, 0.717) is 19.4 Å². The molecule has 8 heteroatoms. The molecule has 0 bridgehead atoms. The third-order valence-electron chi connectivity index (χ3n) is 5.43. The van der Waals surface area contributed by atoms with E-state index >= 15 is 0 Å². The normalized spacial score (nSPS) is 30.9. The highest BCUT2D eigenvalue weighted by molar-refractivity contribution is 7.77. The molecule has 1 aromatic carbocycles. The Morgan fingerprint density at radius 3 is 2.54 bits per heavy atom. The fraction of sp³-hybridized carbons (Fsp3) is 0.667. The van der Waals surface area contributed by atoms with Crippen molar-refractivity contribution in [2.75, 3.05) is 13.2 Å². The number of halogens is 2. The van der Waals surface area contributed by atoms with Crippen LogP contribution in [-0.4, -0.2) is 40.1 Å². The SMILES string of the molecule is O=S(O)N[C@H]1CCCN[C@H]1COC1CCC(c2c(F)cccc2F)CC1. The van der Waals surface area contributed by atoms with Crippen LogP contribution in [0.3, 0.4) is 0 Å². The van der Waals surface area contributed by atoms with Gasteiger partial charge in [-0.25, -0.2) is 17.7 Å². The molecule has 26 heavy (non-hydrogen) atoms. The van der Waals surface area contributed by atoms with E-state index in [9.17, 15) is 13.0 Å². The lowest BCUT2D eigenvalue weighted by atomic mass is 9.82. The molecule has 3 N–H and O–H groups in total. The molecule has 3 atom stereocenters. The average Bonchev–Trinajstić information content (AvgIpc) is 2.61. The molecule has 5 nitrogen and oxygen atoms in total. The van der Waals surface area contributed by atoms with Crippen LogP contribution < -0.4 is 10.0 Å². The minimum atomic E-state index is -2.04. The fourth-order valence-electron chi connectivity index (χ4n) is 4.06. The zero-order chi connectivity index (χ0) is 18.5. The number of rotatable bonds is 6. The van der Waals surface area contributed by atoms with Gasteiger partial charge in [0, 0.05) is 17.6 Å². The van der Waals surface area contributed by atoms with Gasteiger partial charge in [0.15, 0.2) is 0 Å². The van der Waals surface area contributed by atoms with E-state index in [-0.39, 0.29) is 29.7 Å². The molecule has 1 saturated heterocycles. The van der Waals surface area contributed by atoms with Crippen LogP contribution in [-0.2, 0) is 16.0 Å². The molecular weight excluding hydrogens is 362 g/mol. The van der Waals surface area contributed by atoms with Gasteiger partial charge in [-0.05, 0) is 63.1 Å². The van der Waals surface area contributed by atoms with E-state index in [1.54, 1.807) is 0 Å². The number of piperidine rings is 1. The maximum Gasteiger partial charge on any atom is 0.232 e. The van der Waals surface area contributed by atoms with Crippen LogP contribution in [0.2, 0.25) is 0 Å². The zero-order valence-electron chi connectivity index (χ0n) is 14.6. The molecule has 1 unspecified atom stereocenters. The van der Waals surface area contributed by atoms with Crippen molar-refractivity contribution in [3.8, 4) is 0 Å². The smallest absolute Gasteiger partial charge is 0.232 e. The van der Waals surface area contributed by atoms with Gasteiger partial charge in [-0.2, -0.15) is 0 Å². The predicted molar refractivity (Wildman–Crippen MR) is 96.0 cm³/mol. The van der Waals surface area contributed by atoms with E-state index in [2.05, 4.69) is 10.0 Å². The summed E-state index contributed by atoms with van der Waals surface area (Å²) in [5, 5.41) is 3.33. The van der Waals surface area contributed by atoms with Crippen molar-refractivity contribution >= 4 is 11.3 Å². The van der Waals surface area contributed by atoms with E-state index in [4.69, 9.17) is 9.29 Å². The summed E-state index contributed by atoms with van der Waals surface area (Å²) in [7, 11) is 0. The van der Waals surface area contributed by atoms with Crippen molar-refractivity contribution in [3.05, 3.63) is 35.4 Å². The van der Waals surface area contributed by atoms with Gasteiger partial charge in [0.2, 0.25) is 11.3 Å². The van der Waals surface area contributed by atoms with Gasteiger partial charge in [0.25, 0.3) is 0 Å². The van der Waals surface area contributed by atoms with Gasteiger partial charge in [-0.15, -0.1) is 0 Å². The Bertz CT molecular complexity index is 606. The highest BCUT2D eigenvalue weighted by atomic mass is 32.2. The minimum absolute atomic E-state index is 0.0124. The maximum absolute atomic E-state index is 13.9. The topological polar surface area (TPSA) is 70.6 Å². The molecule has 2 fully saturated rings. The molecule has 1 aliphatic carbocycles. The van der Waals surface area contributed by atoms with Crippen molar-refractivity contribution in [3.63, 3.8) is 0 Å². The number of hydrogen-bond donors (Lipinski definition) is 3. The summed E-state index contributed by atoms with van der Waals surface area (Å²) in [4.78, 5) is 0. The highest BCUT2D eigenvalue weighted by Gasteiger charge is 2.30. The quantitative estimate of drug-likeness (QED) is 0.656. The lowest BCUT2D eigenvalue weighted by Gasteiger charge is -2.34. The summed E-state index contributed by atoms with van der Waals surface area (Å²) in [6.45, 7) is 1.32. The first-order valence-electron chi connectivity index (χ1n) is 9.20. The Balaban J connectivity index is 1.49. The van der Waals surface area contributed by atoms with Crippen molar-refractivity contribution in [2.45, 2.75) is 62.6 Å². The lowest BCUT2D eigenvalue weighted by molar-refractivity contribution is 0.00486. The van der Waals surface area contributed by atoms with E-state index in [1.807, 2.05) is 0 Å². The van der Waals surface area contributed by atoms with Crippen LogP contribution in [0.1, 0.15) is 50.0 Å². The van der Waals surface area contributed by atoms with E-state index in [1.165, 1.54) is 18.2 Å². The minimum Gasteiger partial charge on any atom is -0.377 e. The van der Waals surface area contributed by atoms with E-state index in [0.717, 1.165) is 32.2 Å². The first kappa shape index (κ1) is 19.8. The molecule has 1 heterocycles. The number of benzene rings is 1. The molecule has 0 spiro atoms. The first-order chi connectivity index (χ1) is 12.5. The van der Waals surface area contributed by atoms with Crippen molar-refractivity contribution < 1.29 is 22.3 Å². The van der Waals surface area contributed by atoms with Gasteiger partial charge in [0.05, 0.1) is 12.7 Å². The molecule has 146 valence electrons. The number of ether oxygens (including phenoxy) is 1. The standard InChI is InChI=1S/C18H26F2N2O3S/c19-14-3-1-4-15(20)18(14)12-6-8-13(9-7-12)25-11-17-16(22-26(23)24)5-2-10-21-17/h1,3-4,12-13,16-17,21-22H,2,5-11H2,(H,23,24)/t12?,13?,16-,17-/m0/s1. The monoisotopic (exact) mass is 388 g/mol. The Kier molecular flexibility index (Phi) is 7.11. The summed E-state index contributed by atoms with van der Waals surface area (Å²) < 4.78 is 56.6. The van der Waals surface area contributed by atoms with Crippen molar-refractivity contribution in [2.24, 2.45) is 0 Å². The Morgan fingerprint density at radius 1 is 1.19 bits per heavy atom. The summed E-state index contributed by atoms with van der Waals surface area (Å²) in [5.41, 5.74) is 0.203. The van der Waals surface area contributed by atoms with Crippen molar-refractivity contribution in [1.82, 2.24) is 10.0 Å². The average molecular weight is 388 g/mol. The highest BCUT2D eigenvalue weighted by Crippen LogP contribution is 2.36. The lowest BCUT2D eigenvalue weighted by Crippen LogP contribution is -2.54. The molecule has 0 radical (unpaired) electrons. The first-order valence-corrected chi connectivity index (χ1v) is 10.3. The second kappa shape index (κ2) is 9.32. The number of hydrogen-bond acceptors (Lipinski definition) is 3. The molecule has 1 aliphatic heterocycles. The Morgan fingerprint density at radius 2 is 1.88 bits per heavy atom. The summed E-state index contributed by atoms with van der Waals surface area (Å²) >= 11 is -2.04. The molecule has 3 rings (SSSR count). The summed E-state index contributed by atoms with van der Waals surface area (Å²) in [6.07, 6.45) is 4.75. The van der Waals surface area contributed by atoms with Crippen LogP contribution >= 0.6 is 0 Å². The maximum atomic E-state index is 13.9. The van der Waals surface area contributed by atoms with E-state index < -0.39 is 22.9 Å². The molecule has 0 aromatic heterocycles. The van der Waals surface area contributed by atoms with Crippen LogP contribution in [0.15, 0.2) is 18.2 Å². The largest absolute Gasteiger partial charge is 0.377 e. The Labute approximate surface area is 155 Å². The second-order valence-electron chi connectivity index (χ2n) is 7.12. The van der Waals surface area contributed by atoms with Gasteiger partial charge in [0.1, 0.15) is 11.6 Å². The molecule has 0 amide bonds. The van der Waals surface area contributed by atoms with Crippen LogP contribution in [0.4, 0.5) is 8.78 Å². The van der Waals surface area contributed by atoms with Crippen molar-refractivity contribution in [1.29, 1.82) is 0 Å². The van der Waals surface area contributed by atoms with Gasteiger partial charge in [-0.1, -0.05) is 6.07 Å². The fourth-order valence-corrected chi connectivity index (χ4v) is 4.60. The summed E-state index contributed by atoms with van der Waals surface area (Å²) in [6, 6.07) is 3.91. The second-order valence-corrected chi connectivity index (χ2v) is 7.85. The summed E-state index contributed by atoms with van der Waals surface area (Å²) in [5.74, 6) is -1.03. The predicted octanol–water partition coefficient (Wildman–Crippen LogP) is 2.85. The third kappa shape index (κ3) is 5.07. The van der Waals surface area contributed by atoms with Gasteiger partial charge < -0.3 is 10.1 Å². The molecule has 1 saturated carbocycles. The van der Waals surface area contributed by atoms with Gasteiger partial charge >= 0.3 is 0 Å². The van der Waals surface area contributed by atoms with Crippen LogP contribution in [0.25, 0.3) is 0 Å².